The number of nitrogens with zero attached hydrogens (tertiary/aromatic N) is 2. The predicted octanol–water partition coefficient (Wildman–Crippen LogP) is 6.75. The van der Waals surface area contributed by atoms with E-state index in [9.17, 15) is 4.79 Å². The molecule has 3 aromatic rings. The second-order valence-corrected chi connectivity index (χ2v) is 12.7. The third kappa shape index (κ3) is 7.62. The van der Waals surface area contributed by atoms with E-state index in [1.54, 1.807) is 0 Å². The lowest BCUT2D eigenvalue weighted by Crippen LogP contribution is -2.43. The Kier molecular flexibility index (Phi) is 9.89. The number of nitrogens with one attached hydrogen (secondary N) is 1. The largest absolute Gasteiger partial charge is 0.489 e. The minimum Gasteiger partial charge on any atom is -0.489 e. The van der Waals surface area contributed by atoms with Crippen molar-refractivity contribution in [3.8, 4) is 5.75 Å². The Morgan fingerprint density at radius 1 is 0.786 bits per heavy atom. The molecule has 2 aliphatic heterocycles. The van der Waals surface area contributed by atoms with Crippen LogP contribution in [0.1, 0.15) is 78.8 Å². The molecule has 3 aromatic carbocycles. The molecule has 1 saturated carbocycles. The van der Waals surface area contributed by atoms with Crippen molar-refractivity contribution in [3.63, 3.8) is 0 Å². The van der Waals surface area contributed by atoms with Crippen molar-refractivity contribution in [2.75, 3.05) is 39.3 Å². The minimum atomic E-state index is 0.0116. The number of piperidine rings is 2. The first-order valence-corrected chi connectivity index (χ1v) is 16.3. The molecule has 5 heteroatoms. The first-order chi connectivity index (χ1) is 20.7. The second kappa shape index (κ2) is 14.3. The molecule has 0 radical (unpaired) electrons. The van der Waals surface area contributed by atoms with E-state index >= 15 is 0 Å². The van der Waals surface area contributed by atoms with E-state index in [-0.39, 0.29) is 12.0 Å². The van der Waals surface area contributed by atoms with Gasteiger partial charge in [-0.3, -0.25) is 9.69 Å². The van der Waals surface area contributed by atoms with E-state index in [1.807, 2.05) is 24.3 Å². The van der Waals surface area contributed by atoms with Gasteiger partial charge in [-0.1, -0.05) is 79.6 Å². The van der Waals surface area contributed by atoms with Crippen LogP contribution in [0.5, 0.6) is 5.75 Å². The number of hydrogen-bond acceptors (Lipinski definition) is 4. The lowest BCUT2D eigenvalue weighted by atomic mass is 9.90. The SMILES string of the molecule is O=C(NCC1CCN(C2CCCC2)CC1)c1cccc(OC2CCCN(CC(c3ccccc3)c3ccccc3)C2)c1. The maximum absolute atomic E-state index is 13.1. The van der Waals surface area contributed by atoms with Crippen LogP contribution in [0.25, 0.3) is 0 Å². The highest BCUT2D eigenvalue weighted by Crippen LogP contribution is 2.29. The van der Waals surface area contributed by atoms with Gasteiger partial charge in [0.25, 0.3) is 5.91 Å². The van der Waals surface area contributed by atoms with Crippen molar-refractivity contribution in [2.24, 2.45) is 5.92 Å². The van der Waals surface area contributed by atoms with Crippen LogP contribution in [0, 0.1) is 5.92 Å². The predicted molar refractivity (Wildman–Crippen MR) is 170 cm³/mol. The van der Waals surface area contributed by atoms with E-state index in [1.165, 1.54) is 62.7 Å². The van der Waals surface area contributed by atoms with Gasteiger partial charge in [0.1, 0.15) is 11.9 Å². The molecule has 1 N–H and O–H groups in total. The lowest BCUT2D eigenvalue weighted by molar-refractivity contribution is 0.0859. The van der Waals surface area contributed by atoms with Crippen LogP contribution >= 0.6 is 0 Å². The van der Waals surface area contributed by atoms with Crippen molar-refractivity contribution in [3.05, 3.63) is 102 Å². The molecule has 5 nitrogen and oxygen atoms in total. The number of carbonyl (C=O) groups excluding carboxylic acids is 1. The van der Waals surface area contributed by atoms with Gasteiger partial charge in [-0.2, -0.15) is 0 Å². The number of carbonyl (C=O) groups is 1. The average Bonchev–Trinajstić information content (AvgIpc) is 3.59. The van der Waals surface area contributed by atoms with Crippen LogP contribution in [-0.2, 0) is 0 Å². The molecule has 0 bridgehead atoms. The second-order valence-electron chi connectivity index (χ2n) is 12.7. The zero-order chi connectivity index (χ0) is 28.6. The van der Waals surface area contributed by atoms with Crippen LogP contribution in [0.2, 0.25) is 0 Å². The van der Waals surface area contributed by atoms with E-state index in [4.69, 9.17) is 4.74 Å². The fraction of sp³-hybridized carbons (Fsp3) is 0.486. The molecule has 3 aliphatic rings. The Balaban J connectivity index is 1.01. The average molecular weight is 566 g/mol. The Morgan fingerprint density at radius 3 is 2.17 bits per heavy atom. The van der Waals surface area contributed by atoms with Gasteiger partial charge in [-0.05, 0) is 93.4 Å². The van der Waals surface area contributed by atoms with Crippen LogP contribution in [-0.4, -0.2) is 67.1 Å². The maximum Gasteiger partial charge on any atom is 0.251 e. The summed E-state index contributed by atoms with van der Waals surface area (Å²) in [5.74, 6) is 1.71. The van der Waals surface area contributed by atoms with Gasteiger partial charge >= 0.3 is 0 Å². The monoisotopic (exact) mass is 565 g/mol. The van der Waals surface area contributed by atoms with Gasteiger partial charge in [-0.15, -0.1) is 0 Å². The van der Waals surface area contributed by atoms with Crippen molar-refractivity contribution < 1.29 is 9.53 Å². The number of likely N-dealkylation sites (tertiary alicyclic amines) is 2. The van der Waals surface area contributed by atoms with Crippen molar-refractivity contribution in [1.29, 1.82) is 0 Å². The molecule has 1 amide bonds. The summed E-state index contributed by atoms with van der Waals surface area (Å²) >= 11 is 0. The summed E-state index contributed by atoms with van der Waals surface area (Å²) in [6.07, 6.45) is 10.2. The Bertz CT molecular complexity index is 1210. The summed E-state index contributed by atoms with van der Waals surface area (Å²) in [4.78, 5) is 18.3. The van der Waals surface area contributed by atoms with Crippen LogP contribution < -0.4 is 10.1 Å². The third-order valence-corrected chi connectivity index (χ3v) is 9.75. The number of benzene rings is 3. The topological polar surface area (TPSA) is 44.8 Å². The minimum absolute atomic E-state index is 0.0116. The van der Waals surface area contributed by atoms with Crippen molar-refractivity contribution in [2.45, 2.75) is 69.4 Å². The fourth-order valence-corrected chi connectivity index (χ4v) is 7.34. The Labute approximate surface area is 252 Å². The van der Waals surface area contributed by atoms with Gasteiger partial charge in [0.05, 0.1) is 0 Å². The molecule has 2 saturated heterocycles. The Hall–Kier alpha value is -3.15. The molecule has 1 aliphatic carbocycles. The van der Waals surface area contributed by atoms with E-state index < -0.39 is 0 Å². The number of rotatable bonds is 10. The normalized spacial score (nSPS) is 21.0. The fourth-order valence-electron chi connectivity index (χ4n) is 7.34. The lowest BCUT2D eigenvalue weighted by Gasteiger charge is -2.36. The first-order valence-electron chi connectivity index (χ1n) is 16.3. The molecular formula is C37H47N3O2. The molecule has 222 valence electrons. The Morgan fingerprint density at radius 2 is 1.48 bits per heavy atom. The smallest absolute Gasteiger partial charge is 0.251 e. The molecule has 1 atom stereocenters. The molecular weight excluding hydrogens is 518 g/mol. The van der Waals surface area contributed by atoms with Crippen LogP contribution in [0.3, 0.4) is 0 Å². The quantitative estimate of drug-likeness (QED) is 0.296. The number of ether oxygens (including phenoxy) is 1. The molecule has 2 heterocycles. The number of amides is 1. The van der Waals surface area contributed by atoms with Crippen molar-refractivity contribution in [1.82, 2.24) is 15.1 Å². The van der Waals surface area contributed by atoms with E-state index in [2.05, 4.69) is 75.8 Å². The first kappa shape index (κ1) is 28.9. The zero-order valence-corrected chi connectivity index (χ0v) is 25.0. The van der Waals surface area contributed by atoms with Crippen LogP contribution in [0.4, 0.5) is 0 Å². The summed E-state index contributed by atoms with van der Waals surface area (Å²) < 4.78 is 6.50. The van der Waals surface area contributed by atoms with Crippen molar-refractivity contribution >= 4 is 5.91 Å². The molecule has 0 spiro atoms. The molecule has 1 unspecified atom stereocenters. The van der Waals surface area contributed by atoms with Gasteiger partial charge in [0, 0.05) is 37.2 Å². The van der Waals surface area contributed by atoms with E-state index in [0.29, 0.717) is 17.4 Å². The molecule has 0 aromatic heterocycles. The highest BCUT2D eigenvalue weighted by Gasteiger charge is 2.28. The molecule has 6 rings (SSSR count). The summed E-state index contributed by atoms with van der Waals surface area (Å²) in [5.41, 5.74) is 3.39. The van der Waals surface area contributed by atoms with Gasteiger partial charge in [0.2, 0.25) is 0 Å². The number of hydrogen-bond donors (Lipinski definition) is 1. The summed E-state index contributed by atoms with van der Waals surface area (Å²) in [6.45, 7) is 6.08. The molecule has 42 heavy (non-hydrogen) atoms. The molecule has 3 fully saturated rings. The third-order valence-electron chi connectivity index (χ3n) is 9.75. The standard InChI is InChI=1S/C37H47N3O2/c41-37(38-26-29-20-23-40(24-21-29)33-16-7-8-17-33)32-15-9-18-34(25-32)42-35-19-10-22-39(27-35)28-36(30-11-3-1-4-12-30)31-13-5-2-6-14-31/h1-6,9,11-15,18,25,29,33,35-36H,7-8,10,16-17,19-24,26-28H2,(H,38,41). The summed E-state index contributed by atoms with van der Waals surface area (Å²) in [6, 6.07) is 30.3. The van der Waals surface area contributed by atoms with Gasteiger partial charge in [0.15, 0.2) is 0 Å². The van der Waals surface area contributed by atoms with E-state index in [0.717, 1.165) is 50.8 Å². The summed E-state index contributed by atoms with van der Waals surface area (Å²) in [5, 5.41) is 3.22. The van der Waals surface area contributed by atoms with Gasteiger partial charge in [-0.25, -0.2) is 0 Å². The zero-order valence-electron chi connectivity index (χ0n) is 25.0. The van der Waals surface area contributed by atoms with Gasteiger partial charge < -0.3 is 15.0 Å². The highest BCUT2D eigenvalue weighted by molar-refractivity contribution is 5.94. The van der Waals surface area contributed by atoms with Crippen LogP contribution in [0.15, 0.2) is 84.9 Å². The summed E-state index contributed by atoms with van der Waals surface area (Å²) in [7, 11) is 0. The maximum atomic E-state index is 13.1. The highest BCUT2D eigenvalue weighted by atomic mass is 16.5.